The van der Waals surface area contributed by atoms with Gasteiger partial charge >= 0.3 is 0 Å². The van der Waals surface area contributed by atoms with E-state index in [0.717, 1.165) is 22.3 Å². The van der Waals surface area contributed by atoms with Crippen LogP contribution in [0.2, 0.25) is 0 Å². The van der Waals surface area contributed by atoms with Crippen LogP contribution in [0.15, 0.2) is 59.3 Å². The molecule has 2 aromatic carbocycles. The van der Waals surface area contributed by atoms with Gasteiger partial charge in [0.15, 0.2) is 17.8 Å². The van der Waals surface area contributed by atoms with Gasteiger partial charge in [0, 0.05) is 12.1 Å². The molecule has 0 saturated carbocycles. The Labute approximate surface area is 146 Å². The fourth-order valence-corrected chi connectivity index (χ4v) is 2.66. The molecule has 25 heavy (non-hydrogen) atoms. The summed E-state index contributed by atoms with van der Waals surface area (Å²) in [5.41, 5.74) is 3.89. The van der Waals surface area contributed by atoms with E-state index in [-0.39, 0.29) is 18.1 Å². The summed E-state index contributed by atoms with van der Waals surface area (Å²) in [5.74, 6) is 0.0415. The van der Waals surface area contributed by atoms with Gasteiger partial charge in [-0.05, 0) is 25.0 Å². The molecule has 0 bridgehead atoms. The van der Waals surface area contributed by atoms with Crippen LogP contribution in [0, 0.1) is 13.8 Å². The van der Waals surface area contributed by atoms with Crippen molar-refractivity contribution in [2.24, 2.45) is 0 Å². The van der Waals surface area contributed by atoms with E-state index in [9.17, 15) is 9.90 Å². The van der Waals surface area contributed by atoms with Crippen molar-refractivity contribution in [3.8, 4) is 11.3 Å². The molecule has 2 N–H and O–H groups in total. The molecule has 0 aliphatic heterocycles. The summed E-state index contributed by atoms with van der Waals surface area (Å²) >= 11 is 0. The summed E-state index contributed by atoms with van der Waals surface area (Å²) < 4.78 is 5.39. The average molecular weight is 336 g/mol. The second kappa shape index (κ2) is 7.32. The van der Waals surface area contributed by atoms with Gasteiger partial charge in [-0.25, -0.2) is 4.98 Å². The maximum Gasteiger partial charge on any atom is 0.274 e. The predicted octanol–water partition coefficient (Wildman–Crippen LogP) is 3.42. The SMILES string of the molecule is Cc1ccc(-c2ocnc2C(=O)NCC(O)c2ccccc2C)cc1. The van der Waals surface area contributed by atoms with Gasteiger partial charge in [-0.3, -0.25) is 4.79 Å². The second-order valence-corrected chi connectivity index (χ2v) is 5.98. The largest absolute Gasteiger partial charge is 0.443 e. The Hall–Kier alpha value is -2.92. The van der Waals surface area contributed by atoms with Gasteiger partial charge in [-0.1, -0.05) is 54.1 Å². The number of aromatic nitrogens is 1. The van der Waals surface area contributed by atoms with Crippen molar-refractivity contribution in [3.63, 3.8) is 0 Å². The average Bonchev–Trinajstić information content (AvgIpc) is 3.10. The molecule has 5 heteroatoms. The van der Waals surface area contributed by atoms with Crippen molar-refractivity contribution in [2.45, 2.75) is 20.0 Å². The van der Waals surface area contributed by atoms with Crippen LogP contribution in [-0.2, 0) is 0 Å². The number of rotatable bonds is 5. The number of oxazole rings is 1. The molecule has 0 aliphatic rings. The highest BCUT2D eigenvalue weighted by molar-refractivity contribution is 5.97. The highest BCUT2D eigenvalue weighted by Crippen LogP contribution is 2.23. The molecule has 128 valence electrons. The summed E-state index contributed by atoms with van der Waals surface area (Å²) in [4.78, 5) is 16.5. The van der Waals surface area contributed by atoms with E-state index in [4.69, 9.17) is 4.42 Å². The van der Waals surface area contributed by atoms with E-state index in [1.165, 1.54) is 6.39 Å². The zero-order chi connectivity index (χ0) is 17.8. The maximum atomic E-state index is 12.4. The standard InChI is InChI=1S/C20H20N2O3/c1-13-7-9-15(10-8-13)19-18(22-12-25-19)20(24)21-11-17(23)16-6-4-3-5-14(16)2/h3-10,12,17,23H,11H2,1-2H3,(H,21,24). The Morgan fingerprint density at radius 1 is 1.16 bits per heavy atom. The predicted molar refractivity (Wildman–Crippen MR) is 95.1 cm³/mol. The lowest BCUT2D eigenvalue weighted by Gasteiger charge is -2.14. The zero-order valence-corrected chi connectivity index (χ0v) is 14.2. The Kier molecular flexibility index (Phi) is 4.95. The molecule has 1 atom stereocenters. The molecule has 3 rings (SSSR count). The van der Waals surface area contributed by atoms with Crippen molar-refractivity contribution in [2.75, 3.05) is 6.54 Å². The lowest BCUT2D eigenvalue weighted by molar-refractivity contribution is 0.0912. The summed E-state index contributed by atoms with van der Waals surface area (Å²) in [6.45, 7) is 4.02. The third kappa shape index (κ3) is 3.78. The zero-order valence-electron chi connectivity index (χ0n) is 14.2. The molecular weight excluding hydrogens is 316 g/mol. The van der Waals surface area contributed by atoms with Crippen molar-refractivity contribution in [3.05, 3.63) is 77.3 Å². The number of hydrogen-bond donors (Lipinski definition) is 2. The molecule has 0 radical (unpaired) electrons. The maximum absolute atomic E-state index is 12.4. The first-order valence-corrected chi connectivity index (χ1v) is 8.08. The highest BCUT2D eigenvalue weighted by atomic mass is 16.3. The van der Waals surface area contributed by atoms with Crippen LogP contribution in [0.1, 0.15) is 33.3 Å². The van der Waals surface area contributed by atoms with Crippen LogP contribution < -0.4 is 5.32 Å². The van der Waals surface area contributed by atoms with E-state index in [2.05, 4.69) is 10.3 Å². The fourth-order valence-electron chi connectivity index (χ4n) is 2.66. The number of hydrogen-bond acceptors (Lipinski definition) is 4. The van der Waals surface area contributed by atoms with Gasteiger partial charge in [0.05, 0.1) is 6.10 Å². The fraction of sp³-hybridized carbons (Fsp3) is 0.200. The third-order valence-corrected chi connectivity index (χ3v) is 4.10. The first-order chi connectivity index (χ1) is 12.1. The second-order valence-electron chi connectivity index (χ2n) is 5.98. The van der Waals surface area contributed by atoms with Crippen molar-refractivity contribution >= 4 is 5.91 Å². The van der Waals surface area contributed by atoms with Gasteiger partial charge in [0.2, 0.25) is 0 Å². The molecule has 0 spiro atoms. The van der Waals surface area contributed by atoms with Crippen LogP contribution in [0.3, 0.4) is 0 Å². The molecule has 0 saturated heterocycles. The number of nitrogens with one attached hydrogen (secondary N) is 1. The van der Waals surface area contributed by atoms with Gasteiger partial charge in [0.25, 0.3) is 5.91 Å². The third-order valence-electron chi connectivity index (χ3n) is 4.10. The van der Waals surface area contributed by atoms with E-state index in [0.29, 0.717) is 5.76 Å². The first-order valence-electron chi connectivity index (χ1n) is 8.08. The van der Waals surface area contributed by atoms with Gasteiger partial charge < -0.3 is 14.8 Å². The van der Waals surface area contributed by atoms with Gasteiger partial charge in [-0.15, -0.1) is 0 Å². The molecule has 1 aromatic heterocycles. The Bertz CT molecular complexity index is 869. The van der Waals surface area contributed by atoms with Crippen molar-refractivity contribution < 1.29 is 14.3 Å². The van der Waals surface area contributed by atoms with Crippen LogP contribution >= 0.6 is 0 Å². The minimum absolute atomic E-state index is 0.101. The Balaban J connectivity index is 1.71. The van der Waals surface area contributed by atoms with Crippen molar-refractivity contribution in [1.29, 1.82) is 0 Å². The van der Waals surface area contributed by atoms with E-state index >= 15 is 0 Å². The lowest BCUT2D eigenvalue weighted by Crippen LogP contribution is -2.29. The summed E-state index contributed by atoms with van der Waals surface area (Å²) in [7, 11) is 0. The first kappa shape index (κ1) is 16.9. The van der Waals surface area contributed by atoms with Gasteiger partial charge in [0.1, 0.15) is 0 Å². The molecule has 1 amide bonds. The van der Waals surface area contributed by atoms with Gasteiger partial charge in [-0.2, -0.15) is 0 Å². The molecular formula is C20H20N2O3. The summed E-state index contributed by atoms with van der Waals surface area (Å²) in [5, 5.41) is 13.0. The van der Waals surface area contributed by atoms with E-state index in [1.54, 1.807) is 0 Å². The number of aryl methyl sites for hydroxylation is 2. The molecule has 3 aromatic rings. The van der Waals surface area contributed by atoms with Crippen LogP contribution in [-0.4, -0.2) is 22.5 Å². The topological polar surface area (TPSA) is 75.4 Å². The lowest BCUT2D eigenvalue weighted by atomic mass is 10.0. The number of carbonyl (C=O) groups is 1. The quantitative estimate of drug-likeness (QED) is 0.748. The number of nitrogens with zero attached hydrogens (tertiary/aromatic N) is 1. The number of aliphatic hydroxyl groups excluding tert-OH is 1. The molecule has 5 nitrogen and oxygen atoms in total. The molecule has 0 fully saturated rings. The molecule has 0 aliphatic carbocycles. The number of benzene rings is 2. The van der Waals surface area contributed by atoms with Crippen LogP contribution in [0.25, 0.3) is 11.3 Å². The normalized spacial score (nSPS) is 12.0. The Morgan fingerprint density at radius 3 is 2.60 bits per heavy atom. The monoisotopic (exact) mass is 336 g/mol. The summed E-state index contributed by atoms with van der Waals surface area (Å²) in [6.07, 6.45) is 0.474. The summed E-state index contributed by atoms with van der Waals surface area (Å²) in [6, 6.07) is 15.2. The van der Waals surface area contributed by atoms with Crippen LogP contribution in [0.4, 0.5) is 0 Å². The van der Waals surface area contributed by atoms with E-state index < -0.39 is 6.10 Å². The molecule has 1 unspecified atom stereocenters. The minimum atomic E-state index is -0.778. The Morgan fingerprint density at radius 2 is 1.88 bits per heavy atom. The van der Waals surface area contributed by atoms with E-state index in [1.807, 2.05) is 62.4 Å². The number of amides is 1. The minimum Gasteiger partial charge on any atom is -0.443 e. The smallest absolute Gasteiger partial charge is 0.274 e. The van der Waals surface area contributed by atoms with Crippen LogP contribution in [0.5, 0.6) is 0 Å². The van der Waals surface area contributed by atoms with Crippen molar-refractivity contribution in [1.82, 2.24) is 10.3 Å². The number of aliphatic hydroxyl groups is 1. The number of carbonyl (C=O) groups excluding carboxylic acids is 1. The highest BCUT2D eigenvalue weighted by Gasteiger charge is 2.19. The molecule has 1 heterocycles.